The van der Waals surface area contributed by atoms with Crippen molar-refractivity contribution in [3.63, 3.8) is 0 Å². The molecule has 8 heteroatoms. The van der Waals surface area contributed by atoms with Gasteiger partial charge in [-0.05, 0) is 37.8 Å². The summed E-state index contributed by atoms with van der Waals surface area (Å²) in [6, 6.07) is 6.32. The fraction of sp³-hybridized carbons (Fsp3) is 0.455. The molecule has 8 nitrogen and oxygen atoms in total. The Kier molecular flexibility index (Phi) is 5.94. The largest absolute Gasteiger partial charge is 0.383 e. The first-order valence-corrected chi connectivity index (χ1v) is 10.4. The zero-order valence-corrected chi connectivity index (χ0v) is 17.5. The van der Waals surface area contributed by atoms with Crippen LogP contribution in [-0.2, 0) is 4.74 Å². The Hall–Kier alpha value is -3.00. The van der Waals surface area contributed by atoms with E-state index in [2.05, 4.69) is 27.5 Å². The van der Waals surface area contributed by atoms with Crippen molar-refractivity contribution in [1.29, 1.82) is 0 Å². The molecule has 2 fully saturated rings. The van der Waals surface area contributed by atoms with E-state index in [1.54, 1.807) is 26.3 Å². The van der Waals surface area contributed by atoms with Crippen molar-refractivity contribution in [2.45, 2.75) is 37.8 Å². The third-order valence-electron chi connectivity index (χ3n) is 5.18. The normalized spacial score (nSPS) is 19.9. The molecule has 1 amide bonds. The zero-order valence-electron chi connectivity index (χ0n) is 17.5. The van der Waals surface area contributed by atoms with Gasteiger partial charge in [0.25, 0.3) is 5.91 Å². The van der Waals surface area contributed by atoms with Crippen LogP contribution in [0.25, 0.3) is 5.57 Å². The van der Waals surface area contributed by atoms with E-state index in [9.17, 15) is 4.79 Å². The number of rotatable bonds is 6. The second-order valence-corrected chi connectivity index (χ2v) is 7.76. The van der Waals surface area contributed by atoms with Crippen LogP contribution in [0.1, 0.15) is 41.6 Å². The van der Waals surface area contributed by atoms with Gasteiger partial charge in [0, 0.05) is 49.5 Å². The highest BCUT2D eigenvalue weighted by Gasteiger charge is 2.30. The van der Waals surface area contributed by atoms with Gasteiger partial charge in [0.2, 0.25) is 5.96 Å². The molecule has 0 spiro atoms. The minimum atomic E-state index is -0.152. The molecule has 1 aliphatic heterocycles. The van der Waals surface area contributed by atoms with Crippen LogP contribution in [0.2, 0.25) is 0 Å². The van der Waals surface area contributed by atoms with Gasteiger partial charge >= 0.3 is 0 Å². The topological polar surface area (TPSA) is 99.5 Å². The molecular formula is C22H28N6O2. The Balaban J connectivity index is 1.63. The van der Waals surface area contributed by atoms with E-state index >= 15 is 0 Å². The molecular weight excluding hydrogens is 380 g/mol. The Morgan fingerprint density at radius 1 is 1.27 bits per heavy atom. The highest BCUT2D eigenvalue weighted by Crippen LogP contribution is 2.33. The zero-order chi connectivity index (χ0) is 21.1. The van der Waals surface area contributed by atoms with E-state index in [0.717, 1.165) is 36.8 Å². The number of nitrogens with zero attached hydrogens (tertiary/aromatic N) is 3. The molecule has 1 aromatic carbocycles. The first-order chi connectivity index (χ1) is 14.6. The number of fused-ring (bicyclic) bond motifs is 1. The van der Waals surface area contributed by atoms with Crippen molar-refractivity contribution >= 4 is 34.7 Å². The van der Waals surface area contributed by atoms with Gasteiger partial charge in [0.05, 0.1) is 12.3 Å². The van der Waals surface area contributed by atoms with Crippen LogP contribution in [0.15, 0.2) is 39.8 Å². The van der Waals surface area contributed by atoms with E-state index in [-0.39, 0.29) is 5.91 Å². The molecule has 0 saturated heterocycles. The van der Waals surface area contributed by atoms with Gasteiger partial charge in [-0.15, -0.1) is 0 Å². The van der Waals surface area contributed by atoms with Crippen molar-refractivity contribution in [3.8, 4) is 0 Å². The van der Waals surface area contributed by atoms with Crippen LogP contribution in [0.4, 0.5) is 5.69 Å². The van der Waals surface area contributed by atoms with E-state index < -0.39 is 0 Å². The summed E-state index contributed by atoms with van der Waals surface area (Å²) in [6.45, 7) is 5.21. The van der Waals surface area contributed by atoms with Crippen LogP contribution in [0.5, 0.6) is 0 Å². The lowest BCUT2D eigenvalue weighted by atomic mass is 9.95. The molecule has 2 aliphatic carbocycles. The Labute approximate surface area is 176 Å². The number of amidine groups is 1. The molecule has 30 heavy (non-hydrogen) atoms. The quantitative estimate of drug-likeness (QED) is 0.381. The third kappa shape index (κ3) is 4.76. The number of carbonyl (C=O) groups is 1. The number of benzene rings is 1. The van der Waals surface area contributed by atoms with Gasteiger partial charge in [-0.3, -0.25) is 9.79 Å². The fourth-order valence-electron chi connectivity index (χ4n) is 3.14. The van der Waals surface area contributed by atoms with E-state index in [1.807, 2.05) is 6.07 Å². The summed E-state index contributed by atoms with van der Waals surface area (Å²) >= 11 is 0. The van der Waals surface area contributed by atoms with Crippen molar-refractivity contribution in [3.05, 3.63) is 35.9 Å². The van der Waals surface area contributed by atoms with E-state index in [0.29, 0.717) is 54.0 Å². The minimum absolute atomic E-state index is 0.152. The predicted molar refractivity (Wildman–Crippen MR) is 120 cm³/mol. The fourth-order valence-corrected chi connectivity index (χ4v) is 3.14. The third-order valence-corrected chi connectivity index (χ3v) is 5.18. The molecule has 0 atom stereocenters. The molecule has 1 aromatic rings. The first kappa shape index (κ1) is 20.3. The molecule has 0 unspecified atom stereocenters. The van der Waals surface area contributed by atoms with Crippen LogP contribution in [0.3, 0.4) is 0 Å². The molecule has 3 aliphatic rings. The van der Waals surface area contributed by atoms with Gasteiger partial charge in [-0.2, -0.15) is 0 Å². The summed E-state index contributed by atoms with van der Waals surface area (Å²) in [6.07, 6.45) is 4.51. The molecule has 0 aromatic heterocycles. The number of guanidine groups is 1. The monoisotopic (exact) mass is 408 g/mol. The summed E-state index contributed by atoms with van der Waals surface area (Å²) < 4.78 is 4.99. The highest BCUT2D eigenvalue weighted by molar-refractivity contribution is 6.60. The second-order valence-electron chi connectivity index (χ2n) is 7.76. The summed E-state index contributed by atoms with van der Waals surface area (Å²) in [5, 5.41) is 9.65. The van der Waals surface area contributed by atoms with Crippen LogP contribution in [0, 0.1) is 0 Å². The van der Waals surface area contributed by atoms with Crippen molar-refractivity contribution in [2.75, 3.05) is 27.3 Å². The van der Waals surface area contributed by atoms with Crippen molar-refractivity contribution in [2.24, 2.45) is 15.0 Å². The lowest BCUT2D eigenvalue weighted by molar-refractivity contribution is 0.0937. The number of aliphatic imine (C=N–C) groups is 3. The van der Waals surface area contributed by atoms with Crippen LogP contribution >= 0.6 is 0 Å². The van der Waals surface area contributed by atoms with Crippen LogP contribution in [-0.4, -0.2) is 62.8 Å². The maximum absolute atomic E-state index is 12.4. The van der Waals surface area contributed by atoms with E-state index in [4.69, 9.17) is 14.7 Å². The number of ether oxygens (including phenoxy) is 1. The average molecular weight is 409 g/mol. The number of nitrogens with one attached hydrogen (secondary N) is 3. The second kappa shape index (κ2) is 8.79. The lowest BCUT2D eigenvalue weighted by Gasteiger charge is -2.22. The van der Waals surface area contributed by atoms with Gasteiger partial charge in [0.1, 0.15) is 5.71 Å². The molecule has 2 saturated carbocycles. The van der Waals surface area contributed by atoms with Gasteiger partial charge in [-0.25, -0.2) is 9.98 Å². The summed E-state index contributed by atoms with van der Waals surface area (Å²) in [5.74, 6) is 1.13. The van der Waals surface area contributed by atoms with Crippen molar-refractivity contribution < 1.29 is 9.53 Å². The number of carbonyl (C=O) groups excluding carboxylic acids is 1. The maximum Gasteiger partial charge on any atom is 0.251 e. The number of hydrogen-bond acceptors (Lipinski definition) is 5. The van der Waals surface area contributed by atoms with Gasteiger partial charge < -0.3 is 20.7 Å². The molecule has 0 radical (unpaired) electrons. The summed E-state index contributed by atoms with van der Waals surface area (Å²) in [7, 11) is 3.33. The molecule has 1 heterocycles. The summed E-state index contributed by atoms with van der Waals surface area (Å²) in [5.41, 5.74) is 3.60. The maximum atomic E-state index is 12.4. The average Bonchev–Trinajstić information content (AvgIpc) is 3.66. The van der Waals surface area contributed by atoms with Gasteiger partial charge in [-0.1, -0.05) is 12.6 Å². The molecule has 4 rings (SSSR count). The first-order valence-electron chi connectivity index (χ1n) is 10.4. The molecule has 3 N–H and O–H groups in total. The number of hydrogen-bond donors (Lipinski definition) is 3. The van der Waals surface area contributed by atoms with Gasteiger partial charge in [0.15, 0.2) is 5.84 Å². The van der Waals surface area contributed by atoms with E-state index in [1.165, 1.54) is 0 Å². The predicted octanol–water partition coefficient (Wildman–Crippen LogP) is 2.05. The number of methoxy groups -OCH3 is 1. The SMILES string of the molecule is C=C1/C(=N\C(=N/C)NC2CC2)C(NC2CC2)=Nc2cc(C(=O)NCCOC)ccc21. The lowest BCUT2D eigenvalue weighted by Crippen LogP contribution is -2.37. The molecule has 0 bridgehead atoms. The Morgan fingerprint density at radius 2 is 2.03 bits per heavy atom. The smallest absolute Gasteiger partial charge is 0.251 e. The Morgan fingerprint density at radius 3 is 2.70 bits per heavy atom. The number of amides is 1. The highest BCUT2D eigenvalue weighted by atomic mass is 16.5. The standard InChI is InChI=1S/C22H28N6O2/c1-13-17-9-4-14(21(29)24-10-11-30-3)12-18(17)27-20(25-15-5-6-15)19(13)28-22(23-2)26-16-7-8-16/h4,9,12,15-16H,1,5-8,10-11H2,2-3H3,(H,23,26)(H,24,29)(H,25,27)/b28-19+. The van der Waals surface area contributed by atoms with Crippen molar-refractivity contribution in [1.82, 2.24) is 16.0 Å². The Bertz CT molecular complexity index is 941. The summed E-state index contributed by atoms with van der Waals surface area (Å²) in [4.78, 5) is 26.3. The van der Waals surface area contributed by atoms with Crippen LogP contribution < -0.4 is 16.0 Å². The molecule has 158 valence electrons. The minimum Gasteiger partial charge on any atom is -0.383 e.